The van der Waals surface area contributed by atoms with Crippen molar-refractivity contribution in [2.75, 3.05) is 11.1 Å². The Morgan fingerprint density at radius 2 is 1.80 bits per heavy atom. The van der Waals surface area contributed by atoms with Crippen LogP contribution in [0.2, 0.25) is 0 Å². The molecule has 2 aromatic carbocycles. The number of aromatic nitrogens is 2. The molecule has 1 amide bonds. The number of benzene rings is 2. The van der Waals surface area contributed by atoms with Crippen molar-refractivity contribution in [2.24, 2.45) is 0 Å². The van der Waals surface area contributed by atoms with Crippen LogP contribution in [0.3, 0.4) is 0 Å². The summed E-state index contributed by atoms with van der Waals surface area (Å²) < 4.78 is 0. The maximum absolute atomic E-state index is 12.6. The first-order valence-corrected chi connectivity index (χ1v) is 11.8. The Hall–Kier alpha value is -2.70. The highest BCUT2D eigenvalue weighted by Crippen LogP contribution is 2.40. The second-order valence-electron chi connectivity index (χ2n) is 7.39. The van der Waals surface area contributed by atoms with Gasteiger partial charge in [0.15, 0.2) is 0 Å². The highest BCUT2D eigenvalue weighted by atomic mass is 32.2. The maximum Gasteiger partial charge on any atom is 0.234 e. The fourth-order valence-electron chi connectivity index (χ4n) is 3.88. The van der Waals surface area contributed by atoms with E-state index in [9.17, 15) is 4.79 Å². The van der Waals surface area contributed by atoms with Gasteiger partial charge in [-0.3, -0.25) is 4.79 Å². The number of amides is 1. The second kappa shape index (κ2) is 8.20. The van der Waals surface area contributed by atoms with E-state index >= 15 is 0 Å². The summed E-state index contributed by atoms with van der Waals surface area (Å²) in [4.78, 5) is 24.3. The molecule has 2 aromatic heterocycles. The molecule has 0 aliphatic heterocycles. The van der Waals surface area contributed by atoms with Gasteiger partial charge in [0.25, 0.3) is 0 Å². The van der Waals surface area contributed by atoms with Crippen molar-refractivity contribution >= 4 is 44.9 Å². The summed E-state index contributed by atoms with van der Waals surface area (Å²) in [6.45, 7) is 1.92. The fraction of sp³-hybridized carbons (Fsp3) is 0.208. The molecule has 0 bridgehead atoms. The molecule has 150 valence electrons. The van der Waals surface area contributed by atoms with Crippen LogP contribution in [0.25, 0.3) is 21.3 Å². The average Bonchev–Trinajstić information content (AvgIpc) is 3.34. The van der Waals surface area contributed by atoms with E-state index in [4.69, 9.17) is 0 Å². The van der Waals surface area contributed by atoms with Crippen molar-refractivity contribution in [3.63, 3.8) is 0 Å². The van der Waals surface area contributed by atoms with Gasteiger partial charge in [-0.15, -0.1) is 11.3 Å². The summed E-state index contributed by atoms with van der Waals surface area (Å²) in [6, 6.07) is 18.2. The predicted octanol–water partition coefficient (Wildman–Crippen LogP) is 5.89. The van der Waals surface area contributed by atoms with E-state index in [0.717, 1.165) is 45.3 Å². The molecule has 0 saturated carbocycles. The lowest BCUT2D eigenvalue weighted by Gasteiger charge is -2.08. The third kappa shape index (κ3) is 3.85. The molecule has 4 nitrogen and oxygen atoms in total. The number of carbonyl (C=O) groups excluding carboxylic acids is 1. The van der Waals surface area contributed by atoms with Gasteiger partial charge in [-0.05, 0) is 55.0 Å². The van der Waals surface area contributed by atoms with Crippen LogP contribution >= 0.6 is 23.1 Å². The lowest BCUT2D eigenvalue weighted by atomic mass is 10.1. The summed E-state index contributed by atoms with van der Waals surface area (Å²) in [5, 5.41) is 5.11. The Kier molecular flexibility index (Phi) is 5.27. The standard InChI is InChI=1S/C24H21N3OS2/c1-15-25-23(22-19-8-5-9-20(19)30-24(22)26-15)29-14-21(28)27-18-12-10-17(11-13-18)16-6-3-2-4-7-16/h2-4,6-7,10-13H,5,8-9,14H2,1H3,(H,27,28). The molecule has 0 radical (unpaired) electrons. The van der Waals surface area contributed by atoms with E-state index < -0.39 is 0 Å². The van der Waals surface area contributed by atoms with E-state index in [1.807, 2.05) is 49.4 Å². The molecule has 0 spiro atoms. The van der Waals surface area contributed by atoms with Crippen LogP contribution < -0.4 is 5.32 Å². The molecule has 0 saturated heterocycles. The number of carbonyl (C=O) groups is 1. The number of fused-ring (bicyclic) bond motifs is 3. The summed E-state index contributed by atoms with van der Waals surface area (Å²) in [6.07, 6.45) is 3.43. The number of aryl methyl sites for hydroxylation is 3. The van der Waals surface area contributed by atoms with Crippen LogP contribution in [0.15, 0.2) is 59.6 Å². The highest BCUT2D eigenvalue weighted by Gasteiger charge is 2.22. The molecule has 4 aromatic rings. The van der Waals surface area contributed by atoms with Gasteiger partial charge in [0.1, 0.15) is 15.7 Å². The molecule has 1 aliphatic carbocycles. The normalized spacial score (nSPS) is 12.8. The van der Waals surface area contributed by atoms with Crippen molar-refractivity contribution in [3.05, 3.63) is 70.9 Å². The second-order valence-corrected chi connectivity index (χ2v) is 9.44. The summed E-state index contributed by atoms with van der Waals surface area (Å²) in [5.41, 5.74) is 4.50. The van der Waals surface area contributed by atoms with Crippen LogP contribution in [-0.2, 0) is 17.6 Å². The molecule has 0 fully saturated rings. The van der Waals surface area contributed by atoms with Crippen LogP contribution in [0.4, 0.5) is 5.69 Å². The van der Waals surface area contributed by atoms with Gasteiger partial charge in [0.2, 0.25) is 5.91 Å². The van der Waals surface area contributed by atoms with Gasteiger partial charge in [0, 0.05) is 16.0 Å². The SMILES string of the molecule is Cc1nc(SCC(=O)Nc2ccc(-c3ccccc3)cc2)c2c3c(sc2n1)CCC3. The minimum absolute atomic E-state index is 0.0243. The van der Waals surface area contributed by atoms with Crippen molar-refractivity contribution in [2.45, 2.75) is 31.2 Å². The van der Waals surface area contributed by atoms with Crippen molar-refractivity contribution in [1.29, 1.82) is 0 Å². The van der Waals surface area contributed by atoms with E-state index in [1.165, 1.54) is 34.0 Å². The van der Waals surface area contributed by atoms with Gasteiger partial charge in [-0.2, -0.15) is 0 Å². The number of thioether (sulfide) groups is 1. The monoisotopic (exact) mass is 431 g/mol. The van der Waals surface area contributed by atoms with Gasteiger partial charge < -0.3 is 5.32 Å². The number of hydrogen-bond acceptors (Lipinski definition) is 5. The van der Waals surface area contributed by atoms with E-state index in [2.05, 4.69) is 27.4 Å². The van der Waals surface area contributed by atoms with Gasteiger partial charge in [-0.1, -0.05) is 54.2 Å². The van der Waals surface area contributed by atoms with Crippen LogP contribution in [0, 0.1) is 6.92 Å². The van der Waals surface area contributed by atoms with Crippen LogP contribution in [0.5, 0.6) is 0 Å². The minimum atomic E-state index is -0.0243. The maximum atomic E-state index is 12.6. The Morgan fingerprint density at radius 1 is 1.03 bits per heavy atom. The Labute approximate surface area is 183 Å². The zero-order valence-corrected chi connectivity index (χ0v) is 18.3. The minimum Gasteiger partial charge on any atom is -0.325 e. The zero-order chi connectivity index (χ0) is 20.5. The largest absolute Gasteiger partial charge is 0.325 e. The average molecular weight is 432 g/mol. The summed E-state index contributed by atoms with van der Waals surface area (Å²) >= 11 is 3.29. The Balaban J connectivity index is 1.28. The quantitative estimate of drug-likeness (QED) is 0.316. The number of anilines is 1. The van der Waals surface area contributed by atoms with Crippen molar-refractivity contribution in [3.8, 4) is 11.1 Å². The van der Waals surface area contributed by atoms with Gasteiger partial charge in [0.05, 0.1) is 5.75 Å². The van der Waals surface area contributed by atoms with Gasteiger partial charge in [-0.25, -0.2) is 9.97 Å². The number of hydrogen-bond donors (Lipinski definition) is 1. The molecule has 30 heavy (non-hydrogen) atoms. The van der Waals surface area contributed by atoms with E-state index in [1.54, 1.807) is 11.3 Å². The molecule has 0 unspecified atom stereocenters. The first-order valence-electron chi connectivity index (χ1n) is 10.0. The predicted molar refractivity (Wildman–Crippen MR) is 125 cm³/mol. The lowest BCUT2D eigenvalue weighted by Crippen LogP contribution is -2.14. The zero-order valence-electron chi connectivity index (χ0n) is 16.6. The van der Waals surface area contributed by atoms with Crippen LogP contribution in [0.1, 0.15) is 22.7 Å². The number of rotatable bonds is 5. The number of thiophene rings is 1. The fourth-order valence-corrected chi connectivity index (χ4v) is 6.15. The third-order valence-corrected chi connectivity index (χ3v) is 7.42. The Morgan fingerprint density at radius 3 is 2.60 bits per heavy atom. The van der Waals surface area contributed by atoms with Crippen LogP contribution in [-0.4, -0.2) is 21.6 Å². The molecular weight excluding hydrogens is 410 g/mol. The van der Waals surface area contributed by atoms with E-state index in [-0.39, 0.29) is 5.91 Å². The molecule has 2 heterocycles. The first-order chi connectivity index (χ1) is 14.7. The molecule has 5 rings (SSSR count). The number of nitrogens with zero attached hydrogens (tertiary/aromatic N) is 2. The van der Waals surface area contributed by atoms with E-state index in [0.29, 0.717) is 5.75 Å². The molecule has 6 heteroatoms. The molecule has 1 N–H and O–H groups in total. The first kappa shape index (κ1) is 19.3. The van der Waals surface area contributed by atoms with Gasteiger partial charge >= 0.3 is 0 Å². The van der Waals surface area contributed by atoms with Crippen molar-refractivity contribution in [1.82, 2.24) is 9.97 Å². The Bertz CT molecular complexity index is 1220. The molecular formula is C24H21N3OS2. The number of nitrogens with one attached hydrogen (secondary N) is 1. The van der Waals surface area contributed by atoms with Crippen molar-refractivity contribution < 1.29 is 4.79 Å². The summed E-state index contributed by atoms with van der Waals surface area (Å²) in [7, 11) is 0. The molecule has 1 aliphatic rings. The lowest BCUT2D eigenvalue weighted by molar-refractivity contribution is -0.113. The molecule has 0 atom stereocenters. The summed E-state index contributed by atoms with van der Waals surface area (Å²) in [5.74, 6) is 1.07. The third-order valence-electron chi connectivity index (χ3n) is 5.26. The topological polar surface area (TPSA) is 54.9 Å². The smallest absolute Gasteiger partial charge is 0.234 e. The highest BCUT2D eigenvalue weighted by molar-refractivity contribution is 8.00.